The Balaban J connectivity index is 1.35. The molecule has 1 aliphatic heterocycles. The smallest absolute Gasteiger partial charge is 0.320 e. The molecular formula is C40H56N6O4. The zero-order valence-corrected chi connectivity index (χ0v) is 30.0. The van der Waals surface area contributed by atoms with Crippen LogP contribution in [0.5, 0.6) is 0 Å². The normalized spacial score (nSPS) is 17.4. The fourth-order valence-corrected chi connectivity index (χ4v) is 7.43. The summed E-state index contributed by atoms with van der Waals surface area (Å²) in [6.45, 7) is 5.29. The van der Waals surface area contributed by atoms with Crippen LogP contribution in [0.2, 0.25) is 0 Å². The van der Waals surface area contributed by atoms with Gasteiger partial charge in [0.1, 0.15) is 12.4 Å². The van der Waals surface area contributed by atoms with Crippen molar-refractivity contribution in [1.82, 2.24) is 24.7 Å². The van der Waals surface area contributed by atoms with Crippen LogP contribution >= 0.6 is 0 Å². The standard InChI is InChI=1S/C40H56N6O4/c1-28(2)18-19-37(47)35(23-30-14-8-5-9-15-30)43-38(48)36(44(3)40(50)45-21-20-31-16-10-11-17-32(31)25-45)24-33-26-46(27-42-33)39(49)34(41)22-29-12-6-4-7-13-29/h4,6-7,10-13,16-17,26-28,30,34-37,47H,5,8-9,14-15,18-25,41H2,1-3H3,(H,43,48)/t34-,35-,36-,37-/m0/s1. The van der Waals surface area contributed by atoms with E-state index in [1.165, 1.54) is 40.6 Å². The first-order valence-corrected chi connectivity index (χ1v) is 18.5. The van der Waals surface area contributed by atoms with Crippen molar-refractivity contribution in [2.24, 2.45) is 17.6 Å². The summed E-state index contributed by atoms with van der Waals surface area (Å²) in [6.07, 6.45) is 11.5. The molecule has 4 N–H and O–H groups in total. The highest BCUT2D eigenvalue weighted by Gasteiger charge is 2.35. The fraction of sp³-hybridized carbons (Fsp3) is 0.550. The number of hydrogen-bond donors (Lipinski definition) is 3. The van der Waals surface area contributed by atoms with E-state index in [1.54, 1.807) is 18.1 Å². The van der Waals surface area contributed by atoms with Gasteiger partial charge in [-0.1, -0.05) is 101 Å². The third kappa shape index (κ3) is 10.0. The number of aliphatic hydroxyl groups excluding tert-OH is 1. The lowest BCUT2D eigenvalue weighted by atomic mass is 9.83. The second-order valence-electron chi connectivity index (χ2n) is 14.9. The van der Waals surface area contributed by atoms with Gasteiger partial charge in [-0.2, -0.15) is 0 Å². The molecule has 1 aromatic heterocycles. The molecule has 1 saturated carbocycles. The molecule has 1 fully saturated rings. The SMILES string of the molecule is CC(C)CC[C@H](O)[C@H](CC1CCCCC1)NC(=O)[C@H](Cc1cn(C(=O)[C@@H](N)Cc2ccccc2)cn1)N(C)C(=O)N1CCc2ccccc2C1. The molecule has 270 valence electrons. The highest BCUT2D eigenvalue weighted by atomic mass is 16.3. The van der Waals surface area contributed by atoms with Crippen LogP contribution in [0, 0.1) is 11.8 Å². The average Bonchev–Trinajstić information content (AvgIpc) is 3.61. The van der Waals surface area contributed by atoms with Crippen molar-refractivity contribution >= 4 is 17.8 Å². The van der Waals surface area contributed by atoms with Crippen molar-refractivity contribution in [1.29, 1.82) is 0 Å². The van der Waals surface area contributed by atoms with Gasteiger partial charge >= 0.3 is 6.03 Å². The lowest BCUT2D eigenvalue weighted by Crippen LogP contribution is -2.56. The highest BCUT2D eigenvalue weighted by Crippen LogP contribution is 2.29. The number of carbonyl (C=O) groups is 3. The zero-order chi connectivity index (χ0) is 35.6. The Bertz CT molecular complexity index is 1550. The molecule has 3 aromatic rings. The summed E-state index contributed by atoms with van der Waals surface area (Å²) >= 11 is 0. The minimum Gasteiger partial charge on any atom is -0.391 e. The topological polar surface area (TPSA) is 134 Å². The number of carbonyl (C=O) groups excluding carboxylic acids is 3. The minimum atomic E-state index is -0.915. The number of fused-ring (bicyclic) bond motifs is 1. The van der Waals surface area contributed by atoms with Crippen LogP contribution < -0.4 is 11.1 Å². The number of rotatable bonds is 14. The quantitative estimate of drug-likeness (QED) is 0.209. The Labute approximate surface area is 297 Å². The molecule has 1 aliphatic carbocycles. The van der Waals surface area contributed by atoms with E-state index in [4.69, 9.17) is 5.73 Å². The number of aromatic nitrogens is 2. The fourth-order valence-electron chi connectivity index (χ4n) is 7.43. The molecular weight excluding hydrogens is 628 g/mol. The van der Waals surface area contributed by atoms with Crippen LogP contribution in [0.15, 0.2) is 67.1 Å². The van der Waals surface area contributed by atoms with Crippen LogP contribution in [-0.2, 0) is 30.6 Å². The van der Waals surface area contributed by atoms with Crippen molar-refractivity contribution in [3.63, 3.8) is 0 Å². The van der Waals surface area contributed by atoms with Gasteiger partial charge in [0.05, 0.1) is 23.9 Å². The Morgan fingerprint density at radius 3 is 2.40 bits per heavy atom. The molecule has 10 heteroatoms. The first-order chi connectivity index (χ1) is 24.1. The minimum absolute atomic E-state index is 0.102. The third-order valence-corrected chi connectivity index (χ3v) is 10.5. The van der Waals surface area contributed by atoms with E-state index in [9.17, 15) is 19.5 Å². The maximum atomic E-state index is 14.4. The van der Waals surface area contributed by atoms with Crippen LogP contribution in [0.4, 0.5) is 4.79 Å². The highest BCUT2D eigenvalue weighted by molar-refractivity contribution is 5.88. The van der Waals surface area contributed by atoms with Gasteiger partial charge in [-0.3, -0.25) is 14.2 Å². The number of nitrogens with one attached hydrogen (secondary N) is 1. The van der Waals surface area contributed by atoms with Gasteiger partial charge in [0, 0.05) is 32.8 Å². The third-order valence-electron chi connectivity index (χ3n) is 10.5. The molecule has 0 radical (unpaired) electrons. The lowest BCUT2D eigenvalue weighted by molar-refractivity contribution is -0.127. The number of imidazole rings is 1. The molecule has 0 bridgehead atoms. The van der Waals surface area contributed by atoms with Crippen molar-refractivity contribution in [2.75, 3.05) is 13.6 Å². The van der Waals surface area contributed by atoms with Gasteiger partial charge in [0.15, 0.2) is 0 Å². The number of nitrogens with two attached hydrogens (primary N) is 1. The number of likely N-dealkylation sites (N-methyl/N-ethyl adjacent to an activating group) is 1. The zero-order valence-electron chi connectivity index (χ0n) is 30.0. The van der Waals surface area contributed by atoms with E-state index >= 15 is 0 Å². The molecule has 2 heterocycles. The maximum absolute atomic E-state index is 14.4. The first kappa shape index (κ1) is 37.2. The van der Waals surface area contributed by atoms with Gasteiger partial charge in [0.2, 0.25) is 11.8 Å². The Morgan fingerprint density at radius 1 is 0.980 bits per heavy atom. The summed E-state index contributed by atoms with van der Waals surface area (Å²) < 4.78 is 1.38. The first-order valence-electron chi connectivity index (χ1n) is 18.5. The summed E-state index contributed by atoms with van der Waals surface area (Å²) in [6, 6.07) is 15.4. The molecule has 3 amide bonds. The molecule has 4 atom stereocenters. The van der Waals surface area contributed by atoms with E-state index in [0.717, 1.165) is 36.8 Å². The van der Waals surface area contributed by atoms with Crippen molar-refractivity contribution in [3.05, 3.63) is 89.5 Å². The van der Waals surface area contributed by atoms with Crippen LogP contribution in [0.1, 0.15) is 92.4 Å². The maximum Gasteiger partial charge on any atom is 0.320 e. The predicted molar refractivity (Wildman–Crippen MR) is 195 cm³/mol. The largest absolute Gasteiger partial charge is 0.391 e. The Hall–Kier alpha value is -4.02. The van der Waals surface area contributed by atoms with Crippen LogP contribution in [0.25, 0.3) is 0 Å². The second-order valence-corrected chi connectivity index (χ2v) is 14.9. The molecule has 2 aliphatic rings. The summed E-state index contributed by atoms with van der Waals surface area (Å²) in [4.78, 5) is 49.5. The van der Waals surface area contributed by atoms with E-state index < -0.39 is 24.2 Å². The Morgan fingerprint density at radius 2 is 1.68 bits per heavy atom. The number of hydrogen-bond acceptors (Lipinski definition) is 6. The van der Waals surface area contributed by atoms with Gasteiger partial charge < -0.3 is 26.0 Å². The average molecular weight is 685 g/mol. The second kappa shape index (κ2) is 17.8. The van der Waals surface area contributed by atoms with E-state index in [1.807, 2.05) is 48.5 Å². The number of amides is 3. The number of aliphatic hydroxyl groups is 1. The van der Waals surface area contributed by atoms with Gasteiger partial charge in [-0.05, 0) is 60.6 Å². The number of urea groups is 1. The molecule has 0 saturated heterocycles. The van der Waals surface area contributed by atoms with Crippen molar-refractivity contribution in [2.45, 2.75) is 115 Å². The lowest BCUT2D eigenvalue weighted by Gasteiger charge is -2.36. The monoisotopic (exact) mass is 684 g/mol. The molecule has 10 nitrogen and oxygen atoms in total. The number of benzene rings is 2. The molecule has 5 rings (SSSR count). The van der Waals surface area contributed by atoms with Gasteiger partial charge in [-0.25, -0.2) is 9.78 Å². The Kier molecular flexibility index (Phi) is 13.2. The van der Waals surface area contributed by atoms with E-state index in [-0.39, 0.29) is 24.3 Å². The molecule has 50 heavy (non-hydrogen) atoms. The number of nitrogens with zero attached hydrogens (tertiary/aromatic N) is 4. The van der Waals surface area contributed by atoms with Crippen molar-refractivity contribution < 1.29 is 19.5 Å². The predicted octanol–water partition coefficient (Wildman–Crippen LogP) is 5.37. The van der Waals surface area contributed by atoms with Crippen LogP contribution in [0.3, 0.4) is 0 Å². The summed E-state index contributed by atoms with van der Waals surface area (Å²) in [5.74, 6) is 0.242. The molecule has 0 unspecified atom stereocenters. The summed E-state index contributed by atoms with van der Waals surface area (Å²) in [5.41, 5.74) is 10.1. The molecule has 0 spiro atoms. The van der Waals surface area contributed by atoms with Crippen LogP contribution in [-0.4, -0.2) is 80.1 Å². The van der Waals surface area contributed by atoms with E-state index in [0.29, 0.717) is 49.9 Å². The van der Waals surface area contributed by atoms with Gasteiger partial charge in [0.25, 0.3) is 0 Å². The molecule has 2 aromatic carbocycles. The van der Waals surface area contributed by atoms with Gasteiger partial charge in [-0.15, -0.1) is 0 Å². The summed E-state index contributed by atoms with van der Waals surface area (Å²) in [7, 11) is 1.66. The van der Waals surface area contributed by atoms with E-state index in [2.05, 4.69) is 30.2 Å². The van der Waals surface area contributed by atoms with Crippen molar-refractivity contribution in [3.8, 4) is 0 Å². The summed E-state index contributed by atoms with van der Waals surface area (Å²) in [5, 5.41) is 14.6.